The number of amides is 1. The van der Waals surface area contributed by atoms with Gasteiger partial charge in [-0.15, -0.1) is 0 Å². The Morgan fingerprint density at radius 3 is 2.45 bits per heavy atom. The van der Waals surface area contributed by atoms with Crippen molar-refractivity contribution >= 4 is 11.9 Å². The Kier molecular flexibility index (Phi) is 6.64. The molecule has 1 amide bonds. The maximum atomic E-state index is 11.7. The van der Waals surface area contributed by atoms with Gasteiger partial charge in [0.15, 0.2) is 0 Å². The third-order valence-corrected chi connectivity index (χ3v) is 2.71. The van der Waals surface area contributed by atoms with Crippen molar-refractivity contribution in [2.45, 2.75) is 26.4 Å². The molecular weight excluding hydrogens is 282 g/mol. The van der Waals surface area contributed by atoms with Crippen LogP contribution in [0.1, 0.15) is 29.8 Å². The second kappa shape index (κ2) is 8.47. The van der Waals surface area contributed by atoms with E-state index in [1.54, 1.807) is 24.3 Å². The monoisotopic (exact) mass is 301 g/mol. The summed E-state index contributed by atoms with van der Waals surface area (Å²) in [5, 5.41) is 14.5. The number of benzene rings is 1. The summed E-state index contributed by atoms with van der Waals surface area (Å²) in [6, 6.07) is 8.67. The molecule has 0 aliphatic carbocycles. The van der Waals surface area contributed by atoms with Gasteiger partial charge in [-0.05, 0) is 31.5 Å². The van der Waals surface area contributed by atoms with Crippen molar-refractivity contribution in [1.82, 2.24) is 10.6 Å². The van der Waals surface area contributed by atoms with Gasteiger partial charge in [0.25, 0.3) is 5.91 Å². The number of nitrogens with one attached hydrogen (secondary N) is 2. The van der Waals surface area contributed by atoms with Crippen LogP contribution in [-0.4, -0.2) is 25.0 Å². The topological polar surface area (TPSA) is 91.2 Å². The Hall–Kier alpha value is -2.81. The van der Waals surface area contributed by atoms with Crippen molar-refractivity contribution in [3.05, 3.63) is 47.2 Å². The summed E-state index contributed by atoms with van der Waals surface area (Å²) in [6.45, 7) is 4.08. The zero-order valence-corrected chi connectivity index (χ0v) is 12.8. The fourth-order valence-electron chi connectivity index (χ4n) is 1.64. The Balaban J connectivity index is 2.62. The molecule has 116 valence electrons. The van der Waals surface area contributed by atoms with Gasteiger partial charge in [0.1, 0.15) is 11.6 Å². The lowest BCUT2D eigenvalue weighted by atomic mass is 10.1. The lowest BCUT2D eigenvalue weighted by molar-refractivity contribution is -0.117. The molecule has 6 heteroatoms. The molecule has 0 atom stereocenters. The molecule has 1 aromatic rings. The number of ether oxygens (including phenoxy) is 1. The van der Waals surface area contributed by atoms with Crippen molar-refractivity contribution in [2.75, 3.05) is 7.11 Å². The lowest BCUT2D eigenvalue weighted by Crippen LogP contribution is -2.31. The number of nitrogens with zero attached hydrogens (tertiary/aromatic N) is 1. The normalized spacial score (nSPS) is 10.8. The third-order valence-electron chi connectivity index (χ3n) is 2.71. The summed E-state index contributed by atoms with van der Waals surface area (Å²) >= 11 is 0. The highest BCUT2D eigenvalue weighted by molar-refractivity contribution is 5.97. The van der Waals surface area contributed by atoms with E-state index in [2.05, 4.69) is 15.4 Å². The van der Waals surface area contributed by atoms with Crippen molar-refractivity contribution in [2.24, 2.45) is 0 Å². The number of nitriles is 1. The average Bonchev–Trinajstić information content (AvgIpc) is 2.50. The molecule has 6 nitrogen and oxygen atoms in total. The van der Waals surface area contributed by atoms with Crippen LogP contribution in [0.4, 0.5) is 0 Å². The molecule has 0 saturated carbocycles. The van der Waals surface area contributed by atoms with E-state index in [1.165, 1.54) is 13.3 Å². The lowest BCUT2D eigenvalue weighted by Gasteiger charge is -2.07. The minimum absolute atomic E-state index is 0.0138. The second-order valence-electron chi connectivity index (χ2n) is 4.87. The number of methoxy groups -OCH3 is 1. The highest BCUT2D eigenvalue weighted by Crippen LogP contribution is 2.05. The van der Waals surface area contributed by atoms with E-state index in [0.29, 0.717) is 12.1 Å². The highest BCUT2D eigenvalue weighted by Gasteiger charge is 2.09. The van der Waals surface area contributed by atoms with Crippen LogP contribution in [0.5, 0.6) is 0 Å². The smallest absolute Gasteiger partial charge is 0.337 e. The molecule has 1 rings (SSSR count). The zero-order chi connectivity index (χ0) is 16.5. The molecule has 0 fully saturated rings. The summed E-state index contributed by atoms with van der Waals surface area (Å²) in [6.07, 6.45) is 1.38. The number of carbonyl (C=O) groups is 2. The molecule has 0 saturated heterocycles. The quantitative estimate of drug-likeness (QED) is 0.472. The maximum absolute atomic E-state index is 11.7. The van der Waals surface area contributed by atoms with Crippen LogP contribution in [0.15, 0.2) is 36.0 Å². The van der Waals surface area contributed by atoms with Gasteiger partial charge in [-0.3, -0.25) is 4.79 Å². The van der Waals surface area contributed by atoms with E-state index in [1.807, 2.05) is 19.9 Å². The Bertz CT molecular complexity index is 598. The average molecular weight is 301 g/mol. The van der Waals surface area contributed by atoms with Gasteiger partial charge >= 0.3 is 5.97 Å². The molecule has 0 bridgehead atoms. The molecule has 0 unspecified atom stereocenters. The van der Waals surface area contributed by atoms with Crippen molar-refractivity contribution in [1.29, 1.82) is 5.26 Å². The molecule has 22 heavy (non-hydrogen) atoms. The predicted molar refractivity (Wildman–Crippen MR) is 81.6 cm³/mol. The van der Waals surface area contributed by atoms with E-state index in [-0.39, 0.29) is 11.6 Å². The number of esters is 1. The number of rotatable bonds is 6. The summed E-state index contributed by atoms with van der Waals surface area (Å²) in [4.78, 5) is 23.0. The van der Waals surface area contributed by atoms with Crippen molar-refractivity contribution < 1.29 is 14.3 Å². The fraction of sp³-hybridized carbons (Fsp3) is 0.312. The number of carbonyl (C=O) groups excluding carboxylic acids is 2. The van der Waals surface area contributed by atoms with Crippen LogP contribution in [0, 0.1) is 11.3 Å². The van der Waals surface area contributed by atoms with E-state index < -0.39 is 11.9 Å². The van der Waals surface area contributed by atoms with E-state index in [9.17, 15) is 9.59 Å². The first kappa shape index (κ1) is 17.2. The highest BCUT2D eigenvalue weighted by atomic mass is 16.5. The van der Waals surface area contributed by atoms with Crippen LogP contribution in [0.3, 0.4) is 0 Å². The summed E-state index contributed by atoms with van der Waals surface area (Å²) in [5.74, 6) is -0.803. The van der Waals surface area contributed by atoms with E-state index in [4.69, 9.17) is 5.26 Å². The minimum Gasteiger partial charge on any atom is -0.465 e. The van der Waals surface area contributed by atoms with Gasteiger partial charge in [0, 0.05) is 18.8 Å². The molecule has 0 aliphatic rings. The second-order valence-corrected chi connectivity index (χ2v) is 4.87. The molecule has 0 heterocycles. The maximum Gasteiger partial charge on any atom is 0.337 e. The third kappa shape index (κ3) is 5.29. The molecule has 0 aromatic heterocycles. The number of hydrogen-bond donors (Lipinski definition) is 2. The standard InChI is InChI=1S/C16H19N3O3/c1-11(2)19-15(20)14(8-17)10-18-9-12-4-6-13(7-5-12)16(21)22-3/h4-7,10-11,18H,9H2,1-3H3,(H,19,20)/b14-10-. The minimum atomic E-state index is -0.411. The molecule has 2 N–H and O–H groups in total. The van der Waals surface area contributed by atoms with Gasteiger partial charge in [-0.2, -0.15) is 5.26 Å². The van der Waals surface area contributed by atoms with Gasteiger partial charge in [0.2, 0.25) is 0 Å². The van der Waals surface area contributed by atoms with Gasteiger partial charge in [-0.1, -0.05) is 12.1 Å². The Morgan fingerprint density at radius 2 is 1.95 bits per heavy atom. The van der Waals surface area contributed by atoms with Crippen LogP contribution in [0.25, 0.3) is 0 Å². The summed E-state index contributed by atoms with van der Waals surface area (Å²) < 4.78 is 4.62. The Labute approximate surface area is 129 Å². The van der Waals surface area contributed by atoms with Crippen LogP contribution in [-0.2, 0) is 16.1 Å². The first-order valence-corrected chi connectivity index (χ1v) is 6.79. The van der Waals surface area contributed by atoms with Gasteiger partial charge < -0.3 is 15.4 Å². The van der Waals surface area contributed by atoms with E-state index in [0.717, 1.165) is 5.56 Å². The van der Waals surface area contributed by atoms with Gasteiger partial charge in [0.05, 0.1) is 12.7 Å². The molecular formula is C16H19N3O3. The van der Waals surface area contributed by atoms with Crippen LogP contribution >= 0.6 is 0 Å². The molecule has 0 radical (unpaired) electrons. The zero-order valence-electron chi connectivity index (χ0n) is 12.8. The first-order valence-electron chi connectivity index (χ1n) is 6.79. The van der Waals surface area contributed by atoms with Gasteiger partial charge in [-0.25, -0.2) is 4.79 Å². The SMILES string of the molecule is COC(=O)c1ccc(CN/C=C(/C#N)C(=O)NC(C)C)cc1. The summed E-state index contributed by atoms with van der Waals surface area (Å²) in [5.41, 5.74) is 1.39. The molecule has 1 aromatic carbocycles. The van der Waals surface area contributed by atoms with Crippen LogP contribution in [0.2, 0.25) is 0 Å². The van der Waals surface area contributed by atoms with E-state index >= 15 is 0 Å². The van der Waals surface area contributed by atoms with Crippen LogP contribution < -0.4 is 10.6 Å². The van der Waals surface area contributed by atoms with Crippen molar-refractivity contribution in [3.63, 3.8) is 0 Å². The largest absolute Gasteiger partial charge is 0.465 e. The number of hydrogen-bond acceptors (Lipinski definition) is 5. The van der Waals surface area contributed by atoms with Crippen molar-refractivity contribution in [3.8, 4) is 6.07 Å². The first-order chi connectivity index (χ1) is 10.5. The molecule has 0 aliphatic heterocycles. The molecule has 0 spiro atoms. The summed E-state index contributed by atoms with van der Waals surface area (Å²) in [7, 11) is 1.33. The Morgan fingerprint density at radius 1 is 1.32 bits per heavy atom. The fourth-order valence-corrected chi connectivity index (χ4v) is 1.64. The predicted octanol–water partition coefficient (Wildman–Crippen LogP) is 1.49.